The molecule has 1 N–H and O–H groups in total. The maximum absolute atomic E-state index is 15.1. The minimum Gasteiger partial charge on any atom is -0.507 e. The lowest BCUT2D eigenvalue weighted by Gasteiger charge is -2.40. The number of pyridine rings is 2. The molecule has 4 aromatic rings. The molecule has 0 bridgehead atoms. The number of aryl methyl sites for hydroxylation is 2. The van der Waals surface area contributed by atoms with Crippen molar-refractivity contribution in [3.05, 3.63) is 75.6 Å². The van der Waals surface area contributed by atoms with Crippen LogP contribution in [-0.2, 0) is 15.8 Å². The van der Waals surface area contributed by atoms with Crippen LogP contribution in [0.1, 0.15) is 25.1 Å². The molecule has 1 aromatic carbocycles. The first kappa shape index (κ1) is 31.3. The summed E-state index contributed by atoms with van der Waals surface area (Å²) in [4.78, 5) is 43.9. The Labute approximate surface area is 259 Å². The monoisotopic (exact) mass is 638 g/mol. The second-order valence-corrected chi connectivity index (χ2v) is 14.8. The number of phenols is 1. The van der Waals surface area contributed by atoms with E-state index in [1.807, 2.05) is 18.7 Å². The topological polar surface area (TPSA) is 122 Å². The highest BCUT2D eigenvalue weighted by atomic mass is 35.5. The number of hydrogen-bond acceptors (Lipinski definition) is 8. The van der Waals surface area contributed by atoms with Gasteiger partial charge in [-0.25, -0.2) is 23.7 Å². The quantitative estimate of drug-likeness (QED) is 0.239. The molecular formula is C31H33ClFN6O4P. The molecule has 1 fully saturated rings. The van der Waals surface area contributed by atoms with Crippen LogP contribution in [0.25, 0.3) is 28.0 Å². The van der Waals surface area contributed by atoms with Crippen LogP contribution in [0.15, 0.2) is 47.8 Å². The number of anilines is 1. The predicted octanol–water partition coefficient (Wildman–Crippen LogP) is 4.68. The Hall–Kier alpha value is -4.08. The van der Waals surface area contributed by atoms with E-state index in [4.69, 9.17) is 16.6 Å². The SMILES string of the molecule is C=CC(=O)N1CCN(c2nc(=O)n(-c3c(C)cc(P(C)(C)=O)nc3CC)c3nc(-c4c(O)cccc4F)c(Cl)cc23)[C@@H](C)C1. The molecule has 1 aliphatic heterocycles. The number of fused-ring (bicyclic) bond motifs is 1. The highest BCUT2D eigenvalue weighted by Gasteiger charge is 2.31. The first-order valence-corrected chi connectivity index (χ1v) is 17.1. The molecule has 10 nitrogen and oxygen atoms in total. The van der Waals surface area contributed by atoms with Gasteiger partial charge in [-0.1, -0.05) is 31.2 Å². The van der Waals surface area contributed by atoms with E-state index in [1.165, 1.54) is 28.8 Å². The lowest BCUT2D eigenvalue weighted by Crippen LogP contribution is -2.54. The van der Waals surface area contributed by atoms with Gasteiger partial charge in [0.25, 0.3) is 0 Å². The van der Waals surface area contributed by atoms with Crippen molar-refractivity contribution in [1.82, 2.24) is 24.4 Å². The molecule has 1 atom stereocenters. The molecule has 230 valence electrons. The van der Waals surface area contributed by atoms with Gasteiger partial charge < -0.3 is 19.5 Å². The molecule has 13 heteroatoms. The normalized spacial score (nSPS) is 15.6. The lowest BCUT2D eigenvalue weighted by atomic mass is 10.1. The molecule has 0 aliphatic carbocycles. The summed E-state index contributed by atoms with van der Waals surface area (Å²) >= 11 is 6.73. The van der Waals surface area contributed by atoms with E-state index in [2.05, 4.69) is 16.5 Å². The Kier molecular flexibility index (Phi) is 8.39. The zero-order chi connectivity index (χ0) is 32.1. The van der Waals surface area contributed by atoms with Crippen LogP contribution in [0.4, 0.5) is 10.2 Å². The van der Waals surface area contributed by atoms with Gasteiger partial charge in [0, 0.05) is 25.7 Å². The molecule has 1 aliphatic rings. The first-order valence-electron chi connectivity index (χ1n) is 14.1. The van der Waals surface area contributed by atoms with E-state index < -0.39 is 18.6 Å². The maximum atomic E-state index is 15.1. The van der Waals surface area contributed by atoms with Crippen LogP contribution in [-0.4, -0.2) is 74.4 Å². The molecule has 0 saturated carbocycles. The van der Waals surface area contributed by atoms with Gasteiger partial charge in [0.15, 0.2) is 5.65 Å². The van der Waals surface area contributed by atoms with Crippen molar-refractivity contribution >= 4 is 46.9 Å². The Balaban J connectivity index is 1.84. The van der Waals surface area contributed by atoms with E-state index in [1.54, 1.807) is 37.3 Å². The number of rotatable bonds is 6. The van der Waals surface area contributed by atoms with Crippen molar-refractivity contribution in [2.75, 3.05) is 37.9 Å². The van der Waals surface area contributed by atoms with Gasteiger partial charge in [-0.05, 0) is 69.5 Å². The molecule has 1 amide bonds. The van der Waals surface area contributed by atoms with Crippen molar-refractivity contribution < 1.29 is 18.9 Å². The second kappa shape index (κ2) is 11.8. The van der Waals surface area contributed by atoms with Gasteiger partial charge in [-0.15, -0.1) is 0 Å². The highest BCUT2D eigenvalue weighted by molar-refractivity contribution is 7.69. The van der Waals surface area contributed by atoms with Crippen molar-refractivity contribution in [3.8, 4) is 22.7 Å². The number of phenolic OH excluding ortho intramolecular Hbond substituents is 1. The summed E-state index contributed by atoms with van der Waals surface area (Å²) in [5.74, 6) is -0.982. The Morgan fingerprint density at radius 2 is 1.95 bits per heavy atom. The van der Waals surface area contributed by atoms with Crippen LogP contribution in [0.3, 0.4) is 0 Å². The highest BCUT2D eigenvalue weighted by Crippen LogP contribution is 2.39. The largest absolute Gasteiger partial charge is 0.507 e. The Bertz CT molecular complexity index is 1920. The van der Waals surface area contributed by atoms with E-state index in [0.29, 0.717) is 59.6 Å². The van der Waals surface area contributed by atoms with Crippen LogP contribution in [0.5, 0.6) is 5.75 Å². The fourth-order valence-corrected chi connectivity index (χ4v) is 6.70. The first-order chi connectivity index (χ1) is 20.8. The Morgan fingerprint density at radius 1 is 1.23 bits per heavy atom. The van der Waals surface area contributed by atoms with Crippen LogP contribution >= 0.6 is 18.7 Å². The lowest BCUT2D eigenvalue weighted by molar-refractivity contribution is -0.126. The standard InChI is InChI=1S/C31H33ClFN6O4P/c1-7-22-28(17(3)14-24(34-22)44(5,6)43)39-30-19(15-20(32)27(35-30)26-21(33)10-9-11-23(26)40)29(36-31(39)42)38-13-12-37(16-18(38)4)25(41)8-2/h8-11,14-15,18,40H,2,7,12-13,16H2,1,3-6H3/t18-/m0/s1. The predicted molar refractivity (Wildman–Crippen MR) is 172 cm³/mol. The summed E-state index contributed by atoms with van der Waals surface area (Å²) < 4.78 is 29.3. The molecule has 1 saturated heterocycles. The molecular weight excluding hydrogens is 606 g/mol. The Morgan fingerprint density at radius 3 is 2.57 bits per heavy atom. The fraction of sp³-hybridized carbons (Fsp3) is 0.323. The average Bonchev–Trinajstić information content (AvgIpc) is 2.96. The van der Waals surface area contributed by atoms with Gasteiger partial charge in [-0.3, -0.25) is 4.79 Å². The summed E-state index contributed by atoms with van der Waals surface area (Å²) in [5, 5.41) is 11.0. The van der Waals surface area contributed by atoms with Crippen LogP contribution in [0.2, 0.25) is 5.02 Å². The number of nitrogens with zero attached hydrogens (tertiary/aromatic N) is 6. The van der Waals surface area contributed by atoms with Crippen molar-refractivity contribution in [2.45, 2.75) is 33.2 Å². The van der Waals surface area contributed by atoms with Gasteiger partial charge in [0.05, 0.1) is 33.0 Å². The minimum atomic E-state index is -2.73. The zero-order valence-corrected chi connectivity index (χ0v) is 26.8. The minimum absolute atomic E-state index is 0.0399. The van der Waals surface area contributed by atoms with Crippen molar-refractivity contribution in [2.24, 2.45) is 0 Å². The van der Waals surface area contributed by atoms with Crippen molar-refractivity contribution in [1.29, 1.82) is 0 Å². The van der Waals surface area contributed by atoms with Gasteiger partial charge in [0.2, 0.25) is 5.91 Å². The third kappa shape index (κ3) is 5.50. The average molecular weight is 639 g/mol. The summed E-state index contributed by atoms with van der Waals surface area (Å²) in [6.45, 7) is 13.5. The number of aromatic hydroxyl groups is 1. The number of hydrogen-bond donors (Lipinski definition) is 1. The molecule has 4 heterocycles. The van der Waals surface area contributed by atoms with Gasteiger partial charge >= 0.3 is 5.69 Å². The van der Waals surface area contributed by atoms with Crippen LogP contribution < -0.4 is 16.0 Å². The summed E-state index contributed by atoms with van der Waals surface area (Å²) in [7, 11) is -2.73. The summed E-state index contributed by atoms with van der Waals surface area (Å²) in [5.41, 5.74) is 1.21. The number of halogens is 2. The summed E-state index contributed by atoms with van der Waals surface area (Å²) in [6, 6.07) is 6.90. The molecule has 0 unspecified atom stereocenters. The van der Waals surface area contributed by atoms with Gasteiger partial charge in [0.1, 0.15) is 30.0 Å². The smallest absolute Gasteiger partial charge is 0.355 e. The molecule has 0 radical (unpaired) electrons. The summed E-state index contributed by atoms with van der Waals surface area (Å²) in [6.07, 6.45) is 1.67. The third-order valence-electron chi connectivity index (χ3n) is 7.77. The maximum Gasteiger partial charge on any atom is 0.355 e. The van der Waals surface area contributed by atoms with E-state index >= 15 is 4.39 Å². The third-order valence-corrected chi connectivity index (χ3v) is 9.39. The number of benzene rings is 1. The second-order valence-electron chi connectivity index (χ2n) is 11.2. The van der Waals surface area contributed by atoms with Crippen molar-refractivity contribution in [3.63, 3.8) is 0 Å². The van der Waals surface area contributed by atoms with E-state index in [9.17, 15) is 19.3 Å². The van der Waals surface area contributed by atoms with E-state index in [-0.39, 0.29) is 39.6 Å². The number of carbonyl (C=O) groups is 1. The number of amides is 1. The fourth-order valence-electron chi connectivity index (χ4n) is 5.59. The molecule has 5 rings (SSSR count). The molecule has 3 aromatic heterocycles. The van der Waals surface area contributed by atoms with E-state index in [0.717, 1.165) is 0 Å². The zero-order valence-electron chi connectivity index (χ0n) is 25.1. The molecule has 0 spiro atoms. The number of aromatic nitrogens is 4. The number of carbonyl (C=O) groups excluding carboxylic acids is 1. The number of piperazine rings is 1. The molecule has 44 heavy (non-hydrogen) atoms. The van der Waals surface area contributed by atoms with Crippen LogP contribution in [0, 0.1) is 12.7 Å². The van der Waals surface area contributed by atoms with Gasteiger partial charge in [-0.2, -0.15) is 4.98 Å².